The molecule has 9 heteroatoms. The first kappa shape index (κ1) is 14.1. The van der Waals surface area contributed by atoms with Crippen LogP contribution in [-0.4, -0.2) is 26.0 Å². The van der Waals surface area contributed by atoms with Crippen LogP contribution >= 0.6 is 15.9 Å². The zero-order chi connectivity index (χ0) is 15.7. The molecular weight excluding hydrogens is 354 g/mol. The molecule has 0 saturated carbocycles. The number of fused-ring (bicyclic) bond motifs is 1. The van der Waals surface area contributed by atoms with E-state index in [2.05, 4.69) is 36.4 Å². The van der Waals surface area contributed by atoms with Crippen molar-refractivity contribution in [1.29, 1.82) is 0 Å². The van der Waals surface area contributed by atoms with E-state index in [0.29, 0.717) is 11.2 Å². The summed E-state index contributed by atoms with van der Waals surface area (Å²) in [6, 6.07) is 8.20. The standard InChI is InChI=1S/C13H8BrN5O3/c14-8-3-4-9(12-7(8)2-1-5-15-12)16-13(20)10-6-11(18-17-10)19(21)22/h1-6H,(H,16,20)(H,17,18). The minimum Gasteiger partial charge on any atom is -0.358 e. The topological polar surface area (TPSA) is 114 Å². The van der Waals surface area contributed by atoms with Gasteiger partial charge in [-0.3, -0.25) is 9.78 Å². The zero-order valence-corrected chi connectivity index (χ0v) is 12.5. The lowest BCUT2D eigenvalue weighted by molar-refractivity contribution is -0.389. The van der Waals surface area contributed by atoms with E-state index < -0.39 is 10.8 Å². The Kier molecular flexibility index (Phi) is 3.55. The Morgan fingerprint density at radius 1 is 1.36 bits per heavy atom. The molecule has 0 unspecified atom stereocenters. The van der Waals surface area contributed by atoms with E-state index in [-0.39, 0.29) is 11.5 Å². The van der Waals surface area contributed by atoms with Crippen molar-refractivity contribution in [2.45, 2.75) is 0 Å². The van der Waals surface area contributed by atoms with Gasteiger partial charge in [-0.05, 0) is 23.1 Å². The molecule has 0 saturated heterocycles. The number of aromatic nitrogens is 3. The molecule has 0 aliphatic heterocycles. The van der Waals surface area contributed by atoms with Gasteiger partial charge in [-0.15, -0.1) is 5.10 Å². The normalized spacial score (nSPS) is 10.6. The second kappa shape index (κ2) is 5.53. The number of rotatable bonds is 3. The number of hydrogen-bond donors (Lipinski definition) is 2. The summed E-state index contributed by atoms with van der Waals surface area (Å²) in [4.78, 5) is 26.3. The first-order valence-corrected chi connectivity index (χ1v) is 6.90. The maximum atomic E-state index is 12.1. The Hall–Kier alpha value is -2.81. The van der Waals surface area contributed by atoms with Crippen LogP contribution in [0.5, 0.6) is 0 Å². The molecule has 0 fully saturated rings. The number of pyridine rings is 1. The van der Waals surface area contributed by atoms with Crippen LogP contribution in [0.25, 0.3) is 10.9 Å². The number of aromatic amines is 1. The number of H-pyrrole nitrogens is 1. The molecule has 0 aliphatic carbocycles. The highest BCUT2D eigenvalue weighted by Gasteiger charge is 2.17. The van der Waals surface area contributed by atoms with Gasteiger partial charge in [0, 0.05) is 16.1 Å². The largest absolute Gasteiger partial charge is 0.358 e. The summed E-state index contributed by atoms with van der Waals surface area (Å²) in [6.07, 6.45) is 1.61. The molecule has 3 rings (SSSR count). The third-order valence-electron chi connectivity index (χ3n) is 2.96. The number of nitrogens with one attached hydrogen (secondary N) is 2. The van der Waals surface area contributed by atoms with E-state index in [1.54, 1.807) is 24.4 Å². The number of anilines is 1. The van der Waals surface area contributed by atoms with Crippen LogP contribution in [0.3, 0.4) is 0 Å². The molecule has 2 heterocycles. The van der Waals surface area contributed by atoms with Gasteiger partial charge in [0.1, 0.15) is 0 Å². The van der Waals surface area contributed by atoms with E-state index in [0.717, 1.165) is 15.9 Å². The molecule has 0 atom stereocenters. The number of amides is 1. The summed E-state index contributed by atoms with van der Waals surface area (Å²) >= 11 is 3.42. The molecule has 1 aromatic carbocycles. The van der Waals surface area contributed by atoms with Crippen LogP contribution in [-0.2, 0) is 0 Å². The van der Waals surface area contributed by atoms with Crippen molar-refractivity contribution in [3.63, 3.8) is 0 Å². The van der Waals surface area contributed by atoms with Crippen LogP contribution in [0.4, 0.5) is 11.5 Å². The Morgan fingerprint density at radius 3 is 2.91 bits per heavy atom. The number of halogens is 1. The average Bonchev–Trinajstić information content (AvgIpc) is 3.01. The molecule has 8 nitrogen and oxygen atoms in total. The molecule has 0 spiro atoms. The first-order valence-electron chi connectivity index (χ1n) is 6.10. The van der Waals surface area contributed by atoms with Crippen LogP contribution in [0.15, 0.2) is 41.0 Å². The summed E-state index contributed by atoms with van der Waals surface area (Å²) in [5.41, 5.74) is 1.03. The quantitative estimate of drug-likeness (QED) is 0.549. The fourth-order valence-electron chi connectivity index (χ4n) is 1.95. The Balaban J connectivity index is 1.94. The highest BCUT2D eigenvalue weighted by molar-refractivity contribution is 9.10. The summed E-state index contributed by atoms with van der Waals surface area (Å²) in [6.45, 7) is 0. The van der Waals surface area contributed by atoms with Crippen molar-refractivity contribution in [2.24, 2.45) is 0 Å². The first-order chi connectivity index (χ1) is 10.6. The summed E-state index contributed by atoms with van der Waals surface area (Å²) in [7, 11) is 0. The number of nitro groups is 1. The van der Waals surface area contributed by atoms with Crippen molar-refractivity contribution >= 4 is 44.2 Å². The van der Waals surface area contributed by atoms with Gasteiger partial charge in [-0.25, -0.2) is 0 Å². The van der Waals surface area contributed by atoms with E-state index in [1.165, 1.54) is 0 Å². The van der Waals surface area contributed by atoms with E-state index in [9.17, 15) is 14.9 Å². The third kappa shape index (κ3) is 2.53. The monoisotopic (exact) mass is 361 g/mol. The van der Waals surface area contributed by atoms with E-state index in [4.69, 9.17) is 0 Å². The average molecular weight is 362 g/mol. The van der Waals surface area contributed by atoms with Gasteiger partial charge in [-0.2, -0.15) is 0 Å². The second-order valence-electron chi connectivity index (χ2n) is 4.34. The highest BCUT2D eigenvalue weighted by atomic mass is 79.9. The predicted molar refractivity (Wildman–Crippen MR) is 82.6 cm³/mol. The highest BCUT2D eigenvalue weighted by Crippen LogP contribution is 2.28. The lowest BCUT2D eigenvalue weighted by Gasteiger charge is -2.07. The molecule has 110 valence electrons. The maximum Gasteiger partial charge on any atom is 0.343 e. The van der Waals surface area contributed by atoms with Crippen LogP contribution in [0.1, 0.15) is 10.5 Å². The lowest BCUT2D eigenvalue weighted by atomic mass is 10.2. The van der Waals surface area contributed by atoms with E-state index >= 15 is 0 Å². The van der Waals surface area contributed by atoms with Crippen LogP contribution < -0.4 is 5.32 Å². The van der Waals surface area contributed by atoms with Gasteiger partial charge in [0.05, 0.1) is 17.3 Å². The van der Waals surface area contributed by atoms with Crippen molar-refractivity contribution in [2.75, 3.05) is 5.32 Å². The van der Waals surface area contributed by atoms with Gasteiger partial charge in [0.15, 0.2) is 5.69 Å². The van der Waals surface area contributed by atoms with Crippen molar-refractivity contribution in [3.8, 4) is 0 Å². The van der Waals surface area contributed by atoms with Gasteiger partial charge >= 0.3 is 5.82 Å². The molecule has 22 heavy (non-hydrogen) atoms. The molecule has 0 aliphatic rings. The zero-order valence-electron chi connectivity index (χ0n) is 10.9. The summed E-state index contributed by atoms with van der Waals surface area (Å²) in [5, 5.41) is 19.9. The molecule has 2 aromatic heterocycles. The fraction of sp³-hybridized carbons (Fsp3) is 0. The molecule has 0 bridgehead atoms. The van der Waals surface area contributed by atoms with Gasteiger partial charge in [0.25, 0.3) is 5.91 Å². The van der Waals surface area contributed by atoms with Crippen molar-refractivity contribution in [3.05, 3.63) is 56.8 Å². The number of benzene rings is 1. The predicted octanol–water partition coefficient (Wildman–Crippen LogP) is 2.88. The number of carbonyl (C=O) groups excluding carboxylic acids is 1. The summed E-state index contributed by atoms with van der Waals surface area (Å²) in [5.74, 6) is -0.900. The van der Waals surface area contributed by atoms with Crippen molar-refractivity contribution < 1.29 is 9.72 Å². The van der Waals surface area contributed by atoms with Crippen molar-refractivity contribution in [1.82, 2.24) is 15.2 Å². The number of nitrogens with zero attached hydrogens (tertiary/aromatic N) is 3. The summed E-state index contributed by atoms with van der Waals surface area (Å²) < 4.78 is 0.851. The van der Waals surface area contributed by atoms with Crippen LogP contribution in [0, 0.1) is 10.1 Å². The SMILES string of the molecule is O=C(Nc1ccc(Br)c2cccnc12)c1cc([N+](=O)[O-])[nH]n1. The Labute approximate surface area is 131 Å². The molecular formula is C13H8BrN5O3. The molecule has 0 radical (unpaired) electrons. The third-order valence-corrected chi connectivity index (χ3v) is 3.65. The Morgan fingerprint density at radius 2 is 2.18 bits per heavy atom. The number of hydrogen-bond acceptors (Lipinski definition) is 5. The number of carbonyl (C=O) groups is 1. The second-order valence-corrected chi connectivity index (χ2v) is 5.20. The van der Waals surface area contributed by atoms with Crippen LogP contribution in [0.2, 0.25) is 0 Å². The smallest absolute Gasteiger partial charge is 0.343 e. The fourth-order valence-corrected chi connectivity index (χ4v) is 2.40. The minimum absolute atomic E-state index is 0.0706. The Bertz CT molecular complexity index is 892. The molecule has 3 aromatic rings. The minimum atomic E-state index is -0.652. The molecule has 2 N–H and O–H groups in total. The molecule has 1 amide bonds. The maximum absolute atomic E-state index is 12.1. The van der Waals surface area contributed by atoms with Gasteiger partial charge in [-0.1, -0.05) is 27.1 Å². The van der Waals surface area contributed by atoms with E-state index in [1.807, 2.05) is 6.07 Å². The lowest BCUT2D eigenvalue weighted by Crippen LogP contribution is -2.13. The van der Waals surface area contributed by atoms with Gasteiger partial charge in [0.2, 0.25) is 0 Å². The van der Waals surface area contributed by atoms with Gasteiger partial charge < -0.3 is 15.4 Å².